The Labute approximate surface area is 107 Å². The third kappa shape index (κ3) is 3.70. The number of non-ortho nitro benzene ring substituents is 1. The van der Waals surface area contributed by atoms with Gasteiger partial charge in [-0.2, -0.15) is 0 Å². The van der Waals surface area contributed by atoms with Crippen LogP contribution in [0.2, 0.25) is 0 Å². The number of ether oxygens (including phenoxy) is 1. The minimum atomic E-state index is -0.384. The van der Waals surface area contributed by atoms with Gasteiger partial charge in [-0.1, -0.05) is 19.9 Å². The SMILES string of the molecule is COCC(Nc1cc([N+](=O)[O-])ccc1C)C(C)C. The van der Waals surface area contributed by atoms with Crippen LogP contribution in [0.3, 0.4) is 0 Å². The molecule has 0 saturated carbocycles. The molecular weight excluding hydrogens is 232 g/mol. The number of hydrogen-bond acceptors (Lipinski definition) is 4. The molecule has 0 bridgehead atoms. The molecule has 5 nitrogen and oxygen atoms in total. The van der Waals surface area contributed by atoms with Crippen molar-refractivity contribution in [3.8, 4) is 0 Å². The van der Waals surface area contributed by atoms with Crippen molar-refractivity contribution < 1.29 is 9.66 Å². The van der Waals surface area contributed by atoms with Crippen molar-refractivity contribution in [2.45, 2.75) is 26.8 Å². The van der Waals surface area contributed by atoms with E-state index in [9.17, 15) is 10.1 Å². The van der Waals surface area contributed by atoms with Crippen LogP contribution >= 0.6 is 0 Å². The van der Waals surface area contributed by atoms with Crippen LogP contribution in [0.4, 0.5) is 11.4 Å². The first-order valence-electron chi connectivity index (χ1n) is 5.96. The first kappa shape index (κ1) is 14.4. The second-order valence-corrected chi connectivity index (χ2v) is 4.71. The quantitative estimate of drug-likeness (QED) is 0.624. The average Bonchev–Trinajstić information content (AvgIpc) is 2.30. The zero-order valence-electron chi connectivity index (χ0n) is 11.3. The van der Waals surface area contributed by atoms with Gasteiger partial charge < -0.3 is 10.1 Å². The summed E-state index contributed by atoms with van der Waals surface area (Å²) in [6, 6.07) is 4.97. The van der Waals surface area contributed by atoms with Crippen LogP contribution < -0.4 is 5.32 Å². The van der Waals surface area contributed by atoms with Crippen molar-refractivity contribution in [3.05, 3.63) is 33.9 Å². The maximum Gasteiger partial charge on any atom is 0.271 e. The van der Waals surface area contributed by atoms with Gasteiger partial charge in [0, 0.05) is 24.9 Å². The van der Waals surface area contributed by atoms with Gasteiger partial charge in [0.15, 0.2) is 0 Å². The van der Waals surface area contributed by atoms with Gasteiger partial charge in [-0.15, -0.1) is 0 Å². The van der Waals surface area contributed by atoms with Gasteiger partial charge in [0.25, 0.3) is 5.69 Å². The van der Waals surface area contributed by atoms with Crippen molar-refractivity contribution in [1.82, 2.24) is 0 Å². The van der Waals surface area contributed by atoms with Crippen molar-refractivity contribution >= 4 is 11.4 Å². The molecule has 0 amide bonds. The molecule has 0 saturated heterocycles. The monoisotopic (exact) mass is 252 g/mol. The predicted molar refractivity (Wildman–Crippen MR) is 72.0 cm³/mol. The number of nitro groups is 1. The summed E-state index contributed by atoms with van der Waals surface area (Å²) in [5.74, 6) is 0.378. The second-order valence-electron chi connectivity index (χ2n) is 4.71. The number of rotatable bonds is 6. The topological polar surface area (TPSA) is 64.4 Å². The molecular formula is C13H20N2O3. The molecule has 0 heterocycles. The van der Waals surface area contributed by atoms with Gasteiger partial charge >= 0.3 is 0 Å². The van der Waals surface area contributed by atoms with Crippen LogP contribution in [0.1, 0.15) is 19.4 Å². The summed E-state index contributed by atoms with van der Waals surface area (Å²) in [7, 11) is 1.65. The Hall–Kier alpha value is -1.62. The molecule has 1 aromatic carbocycles. The molecule has 0 aliphatic rings. The van der Waals surface area contributed by atoms with E-state index in [1.165, 1.54) is 6.07 Å². The number of nitro benzene ring substituents is 1. The second kappa shape index (κ2) is 6.35. The lowest BCUT2D eigenvalue weighted by atomic mass is 10.0. The van der Waals surface area contributed by atoms with E-state index >= 15 is 0 Å². The van der Waals surface area contributed by atoms with Crippen LogP contribution in [0, 0.1) is 23.0 Å². The highest BCUT2D eigenvalue weighted by molar-refractivity contribution is 5.57. The maximum absolute atomic E-state index is 10.8. The predicted octanol–water partition coefficient (Wildman–Crippen LogP) is 2.99. The van der Waals surface area contributed by atoms with Gasteiger partial charge in [-0.25, -0.2) is 0 Å². The molecule has 1 rings (SSSR count). The molecule has 1 atom stereocenters. The number of benzene rings is 1. The number of hydrogen-bond donors (Lipinski definition) is 1. The van der Waals surface area contributed by atoms with Gasteiger partial charge in [-0.05, 0) is 18.4 Å². The van der Waals surface area contributed by atoms with Crippen LogP contribution in [0.25, 0.3) is 0 Å². The largest absolute Gasteiger partial charge is 0.383 e. The van der Waals surface area contributed by atoms with Crippen LogP contribution in [-0.4, -0.2) is 24.7 Å². The minimum absolute atomic E-state index is 0.100. The van der Waals surface area contributed by atoms with E-state index in [1.807, 2.05) is 6.92 Å². The Morgan fingerprint density at radius 2 is 2.11 bits per heavy atom. The number of methoxy groups -OCH3 is 1. The Balaban J connectivity index is 2.93. The summed E-state index contributed by atoms with van der Waals surface area (Å²) in [6.45, 7) is 6.67. The van der Waals surface area contributed by atoms with Crippen LogP contribution in [-0.2, 0) is 4.74 Å². The molecule has 0 spiro atoms. The first-order chi connectivity index (χ1) is 8.45. The molecule has 0 radical (unpaired) electrons. The molecule has 0 aliphatic carbocycles. The fourth-order valence-corrected chi connectivity index (χ4v) is 1.66. The van der Waals surface area contributed by atoms with E-state index in [1.54, 1.807) is 19.2 Å². The Morgan fingerprint density at radius 3 is 2.61 bits per heavy atom. The highest BCUT2D eigenvalue weighted by atomic mass is 16.6. The Kier molecular flexibility index (Phi) is 5.09. The zero-order chi connectivity index (χ0) is 13.7. The third-order valence-corrected chi connectivity index (χ3v) is 2.92. The van der Waals surface area contributed by atoms with Gasteiger partial charge in [0.1, 0.15) is 0 Å². The molecule has 1 N–H and O–H groups in total. The zero-order valence-corrected chi connectivity index (χ0v) is 11.3. The number of aryl methyl sites for hydroxylation is 1. The van der Waals surface area contributed by atoms with Crippen molar-refractivity contribution in [2.75, 3.05) is 19.0 Å². The molecule has 1 aromatic rings. The van der Waals surface area contributed by atoms with Gasteiger partial charge in [-0.3, -0.25) is 10.1 Å². The van der Waals surface area contributed by atoms with E-state index in [-0.39, 0.29) is 16.7 Å². The lowest BCUT2D eigenvalue weighted by Crippen LogP contribution is -2.30. The fraction of sp³-hybridized carbons (Fsp3) is 0.538. The first-order valence-corrected chi connectivity index (χ1v) is 5.96. The molecule has 100 valence electrons. The highest BCUT2D eigenvalue weighted by Gasteiger charge is 2.15. The maximum atomic E-state index is 10.8. The van der Waals surface area contributed by atoms with E-state index in [0.717, 1.165) is 11.3 Å². The van der Waals surface area contributed by atoms with E-state index < -0.39 is 0 Å². The molecule has 0 aromatic heterocycles. The van der Waals surface area contributed by atoms with E-state index in [0.29, 0.717) is 12.5 Å². The third-order valence-electron chi connectivity index (χ3n) is 2.92. The molecule has 0 fully saturated rings. The van der Waals surface area contributed by atoms with Crippen molar-refractivity contribution in [3.63, 3.8) is 0 Å². The Bertz CT molecular complexity index is 419. The number of nitrogens with zero attached hydrogens (tertiary/aromatic N) is 1. The van der Waals surface area contributed by atoms with E-state index in [2.05, 4.69) is 19.2 Å². The van der Waals surface area contributed by atoms with Crippen molar-refractivity contribution in [2.24, 2.45) is 5.92 Å². The summed E-state index contributed by atoms with van der Waals surface area (Å²) in [5.41, 5.74) is 1.88. The molecule has 1 unspecified atom stereocenters. The number of nitrogens with one attached hydrogen (secondary N) is 1. The normalized spacial score (nSPS) is 12.5. The molecule has 0 aliphatic heterocycles. The van der Waals surface area contributed by atoms with E-state index in [4.69, 9.17) is 4.74 Å². The summed E-state index contributed by atoms with van der Waals surface area (Å²) in [4.78, 5) is 10.4. The average molecular weight is 252 g/mol. The summed E-state index contributed by atoms with van der Waals surface area (Å²) >= 11 is 0. The summed E-state index contributed by atoms with van der Waals surface area (Å²) in [6.07, 6.45) is 0. The van der Waals surface area contributed by atoms with Gasteiger partial charge in [0.2, 0.25) is 0 Å². The summed E-state index contributed by atoms with van der Waals surface area (Å²) in [5, 5.41) is 14.1. The van der Waals surface area contributed by atoms with Crippen molar-refractivity contribution in [1.29, 1.82) is 0 Å². The highest BCUT2D eigenvalue weighted by Crippen LogP contribution is 2.23. The lowest BCUT2D eigenvalue weighted by Gasteiger charge is -2.23. The lowest BCUT2D eigenvalue weighted by molar-refractivity contribution is -0.384. The Morgan fingerprint density at radius 1 is 1.44 bits per heavy atom. The van der Waals surface area contributed by atoms with Crippen LogP contribution in [0.15, 0.2) is 18.2 Å². The smallest absolute Gasteiger partial charge is 0.271 e. The molecule has 18 heavy (non-hydrogen) atoms. The molecule has 5 heteroatoms. The van der Waals surface area contributed by atoms with Gasteiger partial charge in [0.05, 0.1) is 17.6 Å². The standard InChI is InChI=1S/C13H20N2O3/c1-9(2)13(8-18-4)14-12-7-11(15(16)17)6-5-10(12)3/h5-7,9,13-14H,8H2,1-4H3. The fourth-order valence-electron chi connectivity index (χ4n) is 1.66. The summed E-state index contributed by atoms with van der Waals surface area (Å²) < 4.78 is 5.16. The minimum Gasteiger partial charge on any atom is -0.383 e. The number of anilines is 1. The van der Waals surface area contributed by atoms with Crippen LogP contribution in [0.5, 0.6) is 0 Å².